The van der Waals surface area contributed by atoms with Crippen LogP contribution in [0.2, 0.25) is 0 Å². The summed E-state index contributed by atoms with van der Waals surface area (Å²) in [6.07, 6.45) is 6.24. The topological polar surface area (TPSA) is 0 Å². The third-order valence-corrected chi connectivity index (χ3v) is 3.17. The molecule has 0 aliphatic heterocycles. The van der Waals surface area contributed by atoms with Crippen LogP contribution < -0.4 is 0 Å². The van der Waals surface area contributed by atoms with Gasteiger partial charge in [-0.3, -0.25) is 0 Å². The molecule has 0 aromatic heterocycles. The lowest BCUT2D eigenvalue weighted by atomic mass is 10.2. The van der Waals surface area contributed by atoms with Crippen LogP contribution in [0.1, 0.15) is 44.6 Å². The van der Waals surface area contributed by atoms with Crippen LogP contribution in [-0.4, -0.2) is 0 Å². The van der Waals surface area contributed by atoms with Crippen molar-refractivity contribution in [1.82, 2.24) is 0 Å². The fourth-order valence-corrected chi connectivity index (χ4v) is 1.96. The standard InChI is InChI=1S/C15H20S/c1-3-4-5-6-7-8-13-16-15-11-9-14(2)10-12-15/h9-12H,3-7H2,1-2H3. The smallest absolute Gasteiger partial charge is 0.0203 e. The van der Waals surface area contributed by atoms with Gasteiger partial charge in [0.15, 0.2) is 0 Å². The Hall–Kier alpha value is -0.870. The fraction of sp³-hybridized carbons (Fsp3) is 0.467. The zero-order chi connectivity index (χ0) is 11.6. The molecule has 0 unspecified atom stereocenters. The molecular weight excluding hydrogens is 212 g/mol. The molecule has 0 bridgehead atoms. The van der Waals surface area contributed by atoms with Gasteiger partial charge in [-0.2, -0.15) is 0 Å². The van der Waals surface area contributed by atoms with E-state index in [0.29, 0.717) is 0 Å². The van der Waals surface area contributed by atoms with Crippen LogP contribution in [0.15, 0.2) is 29.2 Å². The first-order valence-corrected chi connectivity index (χ1v) is 6.86. The van der Waals surface area contributed by atoms with Gasteiger partial charge in [-0.15, -0.1) is 0 Å². The van der Waals surface area contributed by atoms with Gasteiger partial charge in [0, 0.05) is 11.3 Å². The molecule has 1 rings (SSSR count). The lowest BCUT2D eigenvalue weighted by Crippen LogP contribution is -1.74. The number of rotatable bonds is 5. The number of benzene rings is 1. The molecule has 0 atom stereocenters. The first-order valence-electron chi connectivity index (χ1n) is 6.04. The van der Waals surface area contributed by atoms with Crippen molar-refractivity contribution < 1.29 is 0 Å². The number of aryl methyl sites for hydroxylation is 1. The minimum Gasteiger partial charge on any atom is -0.0909 e. The van der Waals surface area contributed by atoms with Crippen LogP contribution in [0.3, 0.4) is 0 Å². The number of unbranched alkanes of at least 4 members (excludes halogenated alkanes) is 4. The second-order valence-corrected chi connectivity index (χ2v) is 4.88. The van der Waals surface area contributed by atoms with Crippen molar-refractivity contribution in [1.29, 1.82) is 0 Å². The van der Waals surface area contributed by atoms with Gasteiger partial charge < -0.3 is 0 Å². The van der Waals surface area contributed by atoms with Crippen LogP contribution >= 0.6 is 11.8 Å². The Morgan fingerprint density at radius 3 is 2.50 bits per heavy atom. The van der Waals surface area contributed by atoms with Crippen molar-refractivity contribution in [3.8, 4) is 11.2 Å². The van der Waals surface area contributed by atoms with Crippen LogP contribution in [0, 0.1) is 18.1 Å². The maximum Gasteiger partial charge on any atom is 0.0203 e. The zero-order valence-corrected chi connectivity index (χ0v) is 11.1. The molecule has 86 valence electrons. The van der Waals surface area contributed by atoms with Crippen LogP contribution in [-0.2, 0) is 0 Å². The number of hydrogen-bond donors (Lipinski definition) is 0. The molecule has 0 heterocycles. The van der Waals surface area contributed by atoms with Crippen LogP contribution in [0.4, 0.5) is 0 Å². The van der Waals surface area contributed by atoms with Crippen molar-refractivity contribution in [3.05, 3.63) is 29.8 Å². The molecule has 0 radical (unpaired) electrons. The molecule has 0 nitrogen and oxygen atoms in total. The maximum absolute atomic E-state index is 3.22. The maximum atomic E-state index is 3.22. The first-order chi connectivity index (χ1) is 7.83. The summed E-state index contributed by atoms with van der Waals surface area (Å²) in [5, 5.41) is 3.16. The third-order valence-electron chi connectivity index (χ3n) is 2.42. The van der Waals surface area contributed by atoms with E-state index >= 15 is 0 Å². The summed E-state index contributed by atoms with van der Waals surface area (Å²) in [6, 6.07) is 8.52. The van der Waals surface area contributed by atoms with Gasteiger partial charge in [-0.05, 0) is 42.5 Å². The van der Waals surface area contributed by atoms with Crippen molar-refractivity contribution in [2.75, 3.05) is 0 Å². The van der Waals surface area contributed by atoms with E-state index in [9.17, 15) is 0 Å². The summed E-state index contributed by atoms with van der Waals surface area (Å²) in [5.74, 6) is 3.22. The second-order valence-electron chi connectivity index (χ2n) is 4.00. The molecule has 1 aromatic rings. The van der Waals surface area contributed by atoms with E-state index in [1.807, 2.05) is 0 Å². The fourth-order valence-electron chi connectivity index (χ4n) is 1.39. The van der Waals surface area contributed by atoms with E-state index in [4.69, 9.17) is 0 Å². The summed E-state index contributed by atoms with van der Waals surface area (Å²) < 4.78 is 0. The Morgan fingerprint density at radius 2 is 1.81 bits per heavy atom. The van der Waals surface area contributed by atoms with E-state index in [1.165, 1.54) is 36.1 Å². The van der Waals surface area contributed by atoms with E-state index in [1.54, 1.807) is 11.8 Å². The van der Waals surface area contributed by atoms with Gasteiger partial charge in [0.25, 0.3) is 0 Å². The Bertz CT molecular complexity index is 340. The third kappa shape index (κ3) is 5.88. The van der Waals surface area contributed by atoms with Crippen molar-refractivity contribution in [3.63, 3.8) is 0 Å². The molecular formula is C15H20S. The zero-order valence-electron chi connectivity index (χ0n) is 10.3. The summed E-state index contributed by atoms with van der Waals surface area (Å²) in [5.41, 5.74) is 1.30. The normalized spacial score (nSPS) is 9.62. The van der Waals surface area contributed by atoms with E-state index in [0.717, 1.165) is 6.42 Å². The predicted molar refractivity (Wildman–Crippen MR) is 73.6 cm³/mol. The first kappa shape index (κ1) is 13.2. The lowest BCUT2D eigenvalue weighted by molar-refractivity contribution is 0.680. The molecule has 0 saturated carbocycles. The number of hydrogen-bond acceptors (Lipinski definition) is 1. The molecule has 1 heteroatoms. The summed E-state index contributed by atoms with van der Waals surface area (Å²) in [7, 11) is 0. The second kappa shape index (κ2) is 8.30. The molecule has 0 aliphatic rings. The highest BCUT2D eigenvalue weighted by Crippen LogP contribution is 2.16. The van der Waals surface area contributed by atoms with E-state index in [-0.39, 0.29) is 0 Å². The minimum absolute atomic E-state index is 1.04. The Kier molecular flexibility index (Phi) is 6.85. The van der Waals surface area contributed by atoms with Crippen molar-refractivity contribution >= 4 is 11.8 Å². The summed E-state index contributed by atoms with van der Waals surface area (Å²) in [6.45, 7) is 4.34. The van der Waals surface area contributed by atoms with Gasteiger partial charge >= 0.3 is 0 Å². The van der Waals surface area contributed by atoms with Crippen LogP contribution in [0.25, 0.3) is 0 Å². The lowest BCUT2D eigenvalue weighted by Gasteiger charge is -1.94. The summed E-state index contributed by atoms with van der Waals surface area (Å²) in [4.78, 5) is 1.24. The molecule has 0 fully saturated rings. The summed E-state index contributed by atoms with van der Waals surface area (Å²) >= 11 is 1.63. The van der Waals surface area contributed by atoms with Gasteiger partial charge in [0.2, 0.25) is 0 Å². The van der Waals surface area contributed by atoms with Crippen LogP contribution in [0.5, 0.6) is 0 Å². The highest BCUT2D eigenvalue weighted by atomic mass is 32.2. The van der Waals surface area contributed by atoms with Gasteiger partial charge in [-0.1, -0.05) is 49.8 Å². The largest absolute Gasteiger partial charge is 0.0909 e. The minimum atomic E-state index is 1.04. The van der Waals surface area contributed by atoms with Crippen molar-refractivity contribution in [2.45, 2.75) is 50.8 Å². The van der Waals surface area contributed by atoms with Gasteiger partial charge in [0.1, 0.15) is 0 Å². The average molecular weight is 232 g/mol. The molecule has 0 amide bonds. The number of thioether (sulfide) groups is 1. The molecule has 1 aromatic carbocycles. The molecule has 16 heavy (non-hydrogen) atoms. The Labute approximate surface area is 104 Å². The molecule has 0 saturated heterocycles. The molecule has 0 N–H and O–H groups in total. The van der Waals surface area contributed by atoms with Gasteiger partial charge in [0.05, 0.1) is 0 Å². The SMILES string of the molecule is CCCCCCC#CSc1ccc(C)cc1. The monoisotopic (exact) mass is 232 g/mol. The highest BCUT2D eigenvalue weighted by Gasteiger charge is 1.89. The predicted octanol–water partition coefficient (Wildman–Crippen LogP) is 5.02. The highest BCUT2D eigenvalue weighted by molar-refractivity contribution is 8.03. The van der Waals surface area contributed by atoms with E-state index < -0.39 is 0 Å². The Balaban J connectivity index is 2.19. The quantitative estimate of drug-likeness (QED) is 0.390. The molecule has 0 aliphatic carbocycles. The van der Waals surface area contributed by atoms with Gasteiger partial charge in [-0.25, -0.2) is 0 Å². The Morgan fingerprint density at radius 1 is 1.06 bits per heavy atom. The van der Waals surface area contributed by atoms with Crippen molar-refractivity contribution in [2.24, 2.45) is 0 Å². The average Bonchev–Trinajstić information content (AvgIpc) is 2.30. The van der Waals surface area contributed by atoms with E-state index in [2.05, 4.69) is 49.3 Å². The molecule has 0 spiro atoms.